The number of benzene rings is 2. The number of carbonyl (C=O) groups is 1. The van der Waals surface area contributed by atoms with Crippen LogP contribution in [0.15, 0.2) is 71.7 Å². The molecule has 5 rings (SSSR count). The molecule has 2 atom stereocenters. The van der Waals surface area contributed by atoms with Gasteiger partial charge in [0.25, 0.3) is 0 Å². The van der Waals surface area contributed by atoms with E-state index in [0.717, 1.165) is 38.8 Å². The number of aromatic amines is 1. The van der Waals surface area contributed by atoms with Crippen LogP contribution in [0.1, 0.15) is 54.7 Å². The smallest absolute Gasteiger partial charge is 0.331 e. The number of nitrogens with zero attached hydrogens (tertiary/aromatic N) is 3. The van der Waals surface area contributed by atoms with Gasteiger partial charge in [-0.2, -0.15) is 0 Å². The first kappa shape index (κ1) is 23.6. The number of imidazole rings is 1. The van der Waals surface area contributed by atoms with Gasteiger partial charge in [0, 0.05) is 28.4 Å². The minimum atomic E-state index is -0.548. The van der Waals surface area contributed by atoms with Crippen LogP contribution in [0.3, 0.4) is 0 Å². The third-order valence-corrected chi connectivity index (χ3v) is 6.84. The van der Waals surface area contributed by atoms with Gasteiger partial charge in [-0.1, -0.05) is 42.5 Å². The summed E-state index contributed by atoms with van der Waals surface area (Å²) in [5.74, 6) is -0.355. The lowest BCUT2D eigenvalue weighted by atomic mass is 10.0. The number of rotatable bonds is 7. The number of fused-ring (bicyclic) bond motifs is 2. The quantitative estimate of drug-likeness (QED) is 0.313. The van der Waals surface area contributed by atoms with Crippen LogP contribution in [0.4, 0.5) is 0 Å². The molecule has 184 valence electrons. The molecule has 0 saturated carbocycles. The molecule has 0 radical (unpaired) electrons. The van der Waals surface area contributed by atoms with Crippen LogP contribution < -0.4 is 5.69 Å². The van der Waals surface area contributed by atoms with E-state index < -0.39 is 6.04 Å². The molecule has 0 aliphatic rings. The second-order valence-electron chi connectivity index (χ2n) is 9.17. The van der Waals surface area contributed by atoms with Crippen LogP contribution in [0.25, 0.3) is 22.1 Å². The van der Waals surface area contributed by atoms with Gasteiger partial charge in [-0.05, 0) is 57.0 Å². The molecule has 1 unspecified atom stereocenters. The summed E-state index contributed by atoms with van der Waals surface area (Å²) in [6.45, 7) is 8.08. The van der Waals surface area contributed by atoms with Crippen molar-refractivity contribution in [2.75, 3.05) is 6.61 Å². The lowest BCUT2D eigenvalue weighted by molar-refractivity contribution is -0.143. The first-order valence-corrected chi connectivity index (χ1v) is 12.3. The van der Waals surface area contributed by atoms with Gasteiger partial charge in [0.15, 0.2) is 5.65 Å². The maximum atomic E-state index is 14.2. The van der Waals surface area contributed by atoms with Crippen LogP contribution >= 0.6 is 0 Å². The zero-order valence-corrected chi connectivity index (χ0v) is 21.0. The Morgan fingerprint density at radius 3 is 2.56 bits per heavy atom. The van der Waals surface area contributed by atoms with Crippen molar-refractivity contribution in [1.29, 1.82) is 0 Å². The fourth-order valence-electron chi connectivity index (χ4n) is 5.14. The first-order valence-electron chi connectivity index (χ1n) is 12.3. The summed E-state index contributed by atoms with van der Waals surface area (Å²) in [5.41, 5.74) is 5.94. The van der Waals surface area contributed by atoms with Crippen LogP contribution in [0.5, 0.6) is 0 Å². The van der Waals surface area contributed by atoms with Crippen LogP contribution in [0, 0.1) is 13.8 Å². The molecule has 5 aromatic rings. The number of carbonyl (C=O) groups excluding carboxylic acids is 1. The molecular formula is C29H30N4O3. The fraction of sp³-hybridized carbons (Fsp3) is 0.276. The number of aromatic nitrogens is 4. The van der Waals surface area contributed by atoms with Crippen LogP contribution in [0.2, 0.25) is 0 Å². The number of nitrogens with one attached hydrogen (secondary N) is 1. The van der Waals surface area contributed by atoms with Crippen molar-refractivity contribution in [1.82, 2.24) is 19.1 Å². The molecule has 0 spiro atoms. The maximum Gasteiger partial charge on any atom is 0.331 e. The highest BCUT2D eigenvalue weighted by molar-refractivity contribution is 5.87. The predicted octanol–water partition coefficient (Wildman–Crippen LogP) is 5.45. The first-order chi connectivity index (χ1) is 17.4. The van der Waals surface area contributed by atoms with Crippen molar-refractivity contribution in [3.63, 3.8) is 0 Å². The van der Waals surface area contributed by atoms with E-state index in [2.05, 4.69) is 18.0 Å². The zero-order chi connectivity index (χ0) is 25.4. The van der Waals surface area contributed by atoms with E-state index in [1.165, 1.54) is 0 Å². The Balaban J connectivity index is 1.75. The molecule has 7 heteroatoms. The topological polar surface area (TPSA) is 81.9 Å². The van der Waals surface area contributed by atoms with E-state index in [9.17, 15) is 9.59 Å². The van der Waals surface area contributed by atoms with E-state index in [1.807, 2.05) is 74.6 Å². The summed E-state index contributed by atoms with van der Waals surface area (Å²) >= 11 is 0. The summed E-state index contributed by atoms with van der Waals surface area (Å²) in [4.78, 5) is 35.0. The molecular weight excluding hydrogens is 452 g/mol. The number of aryl methyl sites for hydroxylation is 2. The van der Waals surface area contributed by atoms with Gasteiger partial charge in [-0.3, -0.25) is 13.9 Å². The van der Waals surface area contributed by atoms with Crippen molar-refractivity contribution < 1.29 is 9.53 Å². The predicted molar refractivity (Wildman–Crippen MR) is 141 cm³/mol. The number of pyridine rings is 1. The Hall–Kier alpha value is -4.13. The summed E-state index contributed by atoms with van der Waals surface area (Å²) in [7, 11) is 0. The monoisotopic (exact) mass is 482 g/mol. The molecule has 0 saturated heterocycles. The van der Waals surface area contributed by atoms with Crippen molar-refractivity contribution in [2.24, 2.45) is 0 Å². The number of hydrogen-bond acceptors (Lipinski definition) is 4. The summed E-state index contributed by atoms with van der Waals surface area (Å²) in [6.07, 6.45) is 2.01. The van der Waals surface area contributed by atoms with Crippen LogP contribution in [-0.2, 0) is 9.53 Å². The van der Waals surface area contributed by atoms with Gasteiger partial charge in [0.05, 0.1) is 30.6 Å². The van der Waals surface area contributed by atoms with E-state index >= 15 is 0 Å². The average Bonchev–Trinajstić information content (AvgIpc) is 3.42. The number of ether oxygens (including phenoxy) is 1. The SMILES string of the molecule is CCOC(=O)C[C@H](c1ccccc1)n1c(=O)n(C(C)c2c[nH]c3cccc(C)c23)c2ccc(C)nc21. The third-order valence-electron chi connectivity index (χ3n) is 6.84. The lowest BCUT2D eigenvalue weighted by Crippen LogP contribution is -2.31. The van der Waals surface area contributed by atoms with E-state index in [1.54, 1.807) is 16.1 Å². The van der Waals surface area contributed by atoms with Crippen molar-refractivity contribution in [3.05, 3.63) is 99.7 Å². The van der Waals surface area contributed by atoms with Gasteiger partial charge in [-0.25, -0.2) is 9.78 Å². The van der Waals surface area contributed by atoms with Gasteiger partial charge in [0.2, 0.25) is 0 Å². The molecule has 0 fully saturated rings. The highest BCUT2D eigenvalue weighted by Gasteiger charge is 2.28. The molecule has 0 amide bonds. The Kier molecular flexibility index (Phi) is 6.22. The Labute approximate surface area is 209 Å². The lowest BCUT2D eigenvalue weighted by Gasteiger charge is -2.18. The minimum absolute atomic E-state index is 0.0348. The van der Waals surface area contributed by atoms with E-state index in [-0.39, 0.29) is 30.7 Å². The maximum absolute atomic E-state index is 14.2. The second kappa shape index (κ2) is 9.49. The van der Waals surface area contributed by atoms with Gasteiger partial charge < -0.3 is 9.72 Å². The van der Waals surface area contributed by atoms with E-state index in [0.29, 0.717) is 5.65 Å². The Morgan fingerprint density at radius 2 is 1.81 bits per heavy atom. The van der Waals surface area contributed by atoms with Gasteiger partial charge in [-0.15, -0.1) is 0 Å². The minimum Gasteiger partial charge on any atom is -0.466 e. The van der Waals surface area contributed by atoms with E-state index in [4.69, 9.17) is 9.72 Å². The molecule has 7 nitrogen and oxygen atoms in total. The van der Waals surface area contributed by atoms with Gasteiger partial charge in [0.1, 0.15) is 0 Å². The molecule has 3 heterocycles. The number of esters is 1. The number of H-pyrrole nitrogens is 1. The van der Waals surface area contributed by atoms with Gasteiger partial charge >= 0.3 is 11.7 Å². The zero-order valence-electron chi connectivity index (χ0n) is 21.0. The summed E-state index contributed by atoms with van der Waals surface area (Å²) in [5, 5.41) is 1.11. The Morgan fingerprint density at radius 1 is 1.03 bits per heavy atom. The van der Waals surface area contributed by atoms with Crippen molar-refractivity contribution in [2.45, 2.75) is 46.2 Å². The molecule has 36 heavy (non-hydrogen) atoms. The number of hydrogen-bond donors (Lipinski definition) is 1. The molecule has 0 aliphatic heterocycles. The Bertz CT molecular complexity index is 1610. The largest absolute Gasteiger partial charge is 0.466 e. The van der Waals surface area contributed by atoms with Crippen molar-refractivity contribution in [3.8, 4) is 0 Å². The molecule has 0 bridgehead atoms. The van der Waals surface area contributed by atoms with Crippen LogP contribution in [-0.4, -0.2) is 31.7 Å². The molecule has 1 N–H and O–H groups in total. The van der Waals surface area contributed by atoms with Crippen molar-refractivity contribution >= 4 is 28.0 Å². The third kappa shape index (κ3) is 4.00. The highest BCUT2D eigenvalue weighted by Crippen LogP contribution is 2.32. The summed E-state index contributed by atoms with van der Waals surface area (Å²) in [6, 6.07) is 18.8. The fourth-order valence-corrected chi connectivity index (χ4v) is 5.14. The highest BCUT2D eigenvalue weighted by atomic mass is 16.5. The molecule has 3 aromatic heterocycles. The summed E-state index contributed by atoms with van der Waals surface area (Å²) < 4.78 is 8.73. The second-order valence-corrected chi connectivity index (χ2v) is 9.17. The normalized spacial score (nSPS) is 13.2. The molecule has 0 aliphatic carbocycles. The average molecular weight is 483 g/mol. The standard InChI is InChI=1S/C29H30N4O3/c1-5-36-26(34)16-25(21-11-7-6-8-12-21)33-28-24(15-14-19(3)31-28)32(29(33)35)20(4)22-17-30-23-13-9-10-18(2)27(22)23/h6-15,17,20,25,30H,5,16H2,1-4H3/t20?,25-/m1/s1. The molecule has 2 aromatic carbocycles.